The molecule has 0 bridgehead atoms. The molecule has 0 spiro atoms. The first kappa shape index (κ1) is 14.7. The maximum Gasteiger partial charge on any atom is 0.310 e. The third-order valence-corrected chi connectivity index (χ3v) is 3.93. The van der Waals surface area contributed by atoms with Crippen molar-refractivity contribution in [3.63, 3.8) is 0 Å². The van der Waals surface area contributed by atoms with Crippen LogP contribution in [0.25, 0.3) is 0 Å². The zero-order chi connectivity index (χ0) is 14.4. The van der Waals surface area contributed by atoms with Crippen LogP contribution < -0.4 is 0 Å². The van der Waals surface area contributed by atoms with E-state index >= 15 is 0 Å². The normalized spacial score (nSPS) is 21.6. The average Bonchev–Trinajstić information content (AvgIpc) is 2.88. The van der Waals surface area contributed by atoms with Crippen molar-refractivity contribution < 1.29 is 9.53 Å². The number of esters is 1. The Kier molecular flexibility index (Phi) is 5.27. The summed E-state index contributed by atoms with van der Waals surface area (Å²) >= 11 is 0. The van der Waals surface area contributed by atoms with Crippen molar-refractivity contribution in [2.45, 2.75) is 45.1 Å². The van der Waals surface area contributed by atoms with Crippen LogP contribution in [0.15, 0.2) is 29.4 Å². The molecule has 1 fully saturated rings. The monoisotopic (exact) mass is 275 g/mol. The lowest BCUT2D eigenvalue weighted by Gasteiger charge is -2.13. The van der Waals surface area contributed by atoms with E-state index in [1.807, 2.05) is 24.3 Å². The summed E-state index contributed by atoms with van der Waals surface area (Å²) in [7, 11) is 0. The summed E-state index contributed by atoms with van der Waals surface area (Å²) in [4.78, 5) is 22.1. The largest absolute Gasteiger partial charge is 0.466 e. The molecule has 2 rings (SSSR count). The molecule has 20 heavy (non-hydrogen) atoms. The molecule has 1 saturated carbocycles. The second-order valence-corrected chi connectivity index (χ2v) is 5.37. The molecule has 1 aromatic rings. The van der Waals surface area contributed by atoms with Gasteiger partial charge in [0.15, 0.2) is 0 Å². The van der Waals surface area contributed by atoms with Gasteiger partial charge in [-0.05, 0) is 43.2 Å². The van der Waals surface area contributed by atoms with E-state index in [4.69, 9.17) is 4.74 Å². The molecule has 0 saturated heterocycles. The molecular formula is C16H21NO3. The van der Waals surface area contributed by atoms with Gasteiger partial charge < -0.3 is 4.74 Å². The van der Waals surface area contributed by atoms with Crippen molar-refractivity contribution in [2.75, 3.05) is 6.61 Å². The fourth-order valence-electron chi connectivity index (χ4n) is 2.87. The number of ether oxygens (including phenoxy) is 1. The molecule has 0 N–H and O–H groups in total. The standard InChI is InChI=1S/C16H21NO3/c1-2-20-16(18)11-13-8-6-12(7-9-13)10-14-4-3-5-15(14)17-19/h6-9,14-15H,2-5,10-11H2,1H3. The van der Waals surface area contributed by atoms with Crippen molar-refractivity contribution in [3.05, 3.63) is 40.3 Å². The lowest BCUT2D eigenvalue weighted by molar-refractivity contribution is -0.142. The van der Waals surface area contributed by atoms with Gasteiger partial charge in [-0.3, -0.25) is 4.79 Å². The molecule has 2 unspecified atom stereocenters. The Morgan fingerprint density at radius 1 is 1.25 bits per heavy atom. The number of hydrogen-bond donors (Lipinski definition) is 0. The number of carbonyl (C=O) groups is 1. The molecule has 4 heteroatoms. The maximum absolute atomic E-state index is 11.4. The minimum atomic E-state index is -0.193. The fraction of sp³-hybridized carbons (Fsp3) is 0.562. The second-order valence-electron chi connectivity index (χ2n) is 5.37. The Hall–Kier alpha value is -1.71. The first-order valence-electron chi connectivity index (χ1n) is 7.28. The van der Waals surface area contributed by atoms with E-state index in [0.717, 1.165) is 31.2 Å². The van der Waals surface area contributed by atoms with Crippen LogP contribution in [0.2, 0.25) is 0 Å². The number of hydrogen-bond acceptors (Lipinski definition) is 4. The lowest BCUT2D eigenvalue weighted by atomic mass is 9.94. The molecule has 0 heterocycles. The lowest BCUT2D eigenvalue weighted by Crippen LogP contribution is -2.13. The van der Waals surface area contributed by atoms with Crippen LogP contribution in [-0.4, -0.2) is 18.6 Å². The van der Waals surface area contributed by atoms with Crippen LogP contribution in [0.1, 0.15) is 37.3 Å². The SMILES string of the molecule is CCOC(=O)Cc1ccc(CC2CCCC2N=O)cc1. The highest BCUT2D eigenvalue weighted by Gasteiger charge is 2.28. The highest BCUT2D eigenvalue weighted by molar-refractivity contribution is 5.72. The van der Waals surface area contributed by atoms with Crippen molar-refractivity contribution in [1.29, 1.82) is 0 Å². The van der Waals surface area contributed by atoms with Gasteiger partial charge in [0.05, 0.1) is 19.1 Å². The summed E-state index contributed by atoms with van der Waals surface area (Å²) in [6.07, 6.45) is 4.32. The third-order valence-electron chi connectivity index (χ3n) is 3.93. The molecule has 0 radical (unpaired) electrons. The summed E-state index contributed by atoms with van der Waals surface area (Å²) in [6.45, 7) is 2.22. The summed E-state index contributed by atoms with van der Waals surface area (Å²) in [5, 5.41) is 3.23. The topological polar surface area (TPSA) is 55.7 Å². The van der Waals surface area contributed by atoms with Gasteiger partial charge in [-0.1, -0.05) is 35.9 Å². The number of rotatable bonds is 6. The molecule has 1 aromatic carbocycles. The van der Waals surface area contributed by atoms with Gasteiger partial charge in [-0.2, -0.15) is 4.91 Å². The van der Waals surface area contributed by atoms with Gasteiger partial charge in [-0.15, -0.1) is 0 Å². The quantitative estimate of drug-likeness (QED) is 0.591. The summed E-state index contributed by atoms with van der Waals surface area (Å²) in [5.41, 5.74) is 2.17. The van der Waals surface area contributed by atoms with Crippen LogP contribution in [0.3, 0.4) is 0 Å². The number of nitrogens with zero attached hydrogens (tertiary/aromatic N) is 1. The summed E-state index contributed by atoms with van der Waals surface area (Å²) in [5.74, 6) is 0.185. The Morgan fingerprint density at radius 3 is 2.60 bits per heavy atom. The highest BCUT2D eigenvalue weighted by atomic mass is 16.5. The van der Waals surface area contributed by atoms with E-state index in [9.17, 15) is 9.70 Å². The van der Waals surface area contributed by atoms with E-state index in [1.54, 1.807) is 6.92 Å². The van der Waals surface area contributed by atoms with Crippen LogP contribution >= 0.6 is 0 Å². The van der Waals surface area contributed by atoms with Gasteiger partial charge in [0.25, 0.3) is 0 Å². The maximum atomic E-state index is 11.4. The van der Waals surface area contributed by atoms with Gasteiger partial charge >= 0.3 is 5.97 Å². The zero-order valence-corrected chi connectivity index (χ0v) is 11.9. The Bertz CT molecular complexity index is 455. The Morgan fingerprint density at radius 2 is 1.95 bits per heavy atom. The molecular weight excluding hydrogens is 254 g/mol. The molecule has 0 aromatic heterocycles. The molecule has 2 atom stereocenters. The van der Waals surface area contributed by atoms with E-state index in [0.29, 0.717) is 18.9 Å². The van der Waals surface area contributed by atoms with Crippen LogP contribution in [-0.2, 0) is 22.4 Å². The molecule has 108 valence electrons. The van der Waals surface area contributed by atoms with Gasteiger partial charge in [0, 0.05) is 0 Å². The molecule has 1 aliphatic rings. The minimum Gasteiger partial charge on any atom is -0.466 e. The predicted octanol–water partition coefficient (Wildman–Crippen LogP) is 3.27. The first-order valence-corrected chi connectivity index (χ1v) is 7.28. The highest BCUT2D eigenvalue weighted by Crippen LogP contribution is 2.31. The van der Waals surface area contributed by atoms with Crippen LogP contribution in [0.4, 0.5) is 0 Å². The molecule has 0 aliphatic heterocycles. The Labute approximate surface area is 119 Å². The smallest absolute Gasteiger partial charge is 0.310 e. The fourth-order valence-corrected chi connectivity index (χ4v) is 2.87. The van der Waals surface area contributed by atoms with E-state index < -0.39 is 0 Å². The predicted molar refractivity (Wildman–Crippen MR) is 77.4 cm³/mol. The average molecular weight is 275 g/mol. The van der Waals surface area contributed by atoms with Crippen molar-refractivity contribution in [2.24, 2.45) is 11.1 Å². The number of benzene rings is 1. The minimum absolute atomic E-state index is 0.0193. The van der Waals surface area contributed by atoms with E-state index in [-0.39, 0.29) is 12.0 Å². The van der Waals surface area contributed by atoms with E-state index in [1.165, 1.54) is 5.56 Å². The second kappa shape index (κ2) is 7.17. The van der Waals surface area contributed by atoms with Gasteiger partial charge in [0.1, 0.15) is 0 Å². The van der Waals surface area contributed by atoms with Crippen molar-refractivity contribution in [3.8, 4) is 0 Å². The van der Waals surface area contributed by atoms with Crippen molar-refractivity contribution >= 4 is 5.97 Å². The first-order chi connectivity index (χ1) is 9.72. The summed E-state index contributed by atoms with van der Waals surface area (Å²) in [6, 6.07) is 7.98. The van der Waals surface area contributed by atoms with E-state index in [2.05, 4.69) is 5.18 Å². The van der Waals surface area contributed by atoms with Crippen LogP contribution in [0.5, 0.6) is 0 Å². The number of carbonyl (C=O) groups excluding carboxylic acids is 1. The number of nitroso groups, excluding NO2 is 1. The van der Waals surface area contributed by atoms with Gasteiger partial charge in [0.2, 0.25) is 0 Å². The van der Waals surface area contributed by atoms with Crippen LogP contribution in [0, 0.1) is 10.8 Å². The molecule has 0 amide bonds. The summed E-state index contributed by atoms with van der Waals surface area (Å²) < 4.78 is 4.93. The molecule has 1 aliphatic carbocycles. The Balaban J connectivity index is 1.91. The molecule has 4 nitrogen and oxygen atoms in total. The van der Waals surface area contributed by atoms with Gasteiger partial charge in [-0.25, -0.2) is 0 Å². The van der Waals surface area contributed by atoms with Crippen molar-refractivity contribution in [1.82, 2.24) is 0 Å². The zero-order valence-electron chi connectivity index (χ0n) is 11.9. The third kappa shape index (κ3) is 3.89.